The predicted molar refractivity (Wildman–Crippen MR) is 62.8 cm³/mol. The topological polar surface area (TPSA) is 28.2 Å². The summed E-state index contributed by atoms with van der Waals surface area (Å²) in [6, 6.07) is 0. The van der Waals surface area contributed by atoms with Crippen LogP contribution in [-0.2, 0) is 0 Å². The molecule has 1 aromatic heterocycles. The number of nitrogens with one attached hydrogen (secondary N) is 1. The summed E-state index contributed by atoms with van der Waals surface area (Å²) in [5.74, 6) is -6.26. The zero-order valence-electron chi connectivity index (χ0n) is 10.4. The first kappa shape index (κ1) is 14.0. The molecule has 0 aliphatic carbocycles. The van der Waals surface area contributed by atoms with Crippen molar-refractivity contribution in [2.75, 3.05) is 31.5 Å². The van der Waals surface area contributed by atoms with Crippen molar-refractivity contribution in [2.24, 2.45) is 0 Å². The van der Waals surface area contributed by atoms with Gasteiger partial charge in [-0.25, -0.2) is 0 Å². The van der Waals surface area contributed by atoms with Gasteiger partial charge in [-0.15, -0.1) is 0 Å². The van der Waals surface area contributed by atoms with E-state index in [1.54, 1.807) is 0 Å². The minimum Gasteiger partial charge on any atom is -0.379 e. The largest absolute Gasteiger partial charge is 0.379 e. The van der Waals surface area contributed by atoms with Gasteiger partial charge < -0.3 is 10.2 Å². The van der Waals surface area contributed by atoms with E-state index >= 15 is 0 Å². The lowest BCUT2D eigenvalue weighted by molar-refractivity contribution is 0.237. The van der Waals surface area contributed by atoms with Crippen molar-refractivity contribution in [3.05, 3.63) is 23.5 Å². The van der Waals surface area contributed by atoms with Crippen LogP contribution in [0.15, 0.2) is 0 Å². The second-order valence-corrected chi connectivity index (χ2v) is 4.53. The van der Waals surface area contributed by atoms with E-state index in [-0.39, 0.29) is 6.54 Å². The Morgan fingerprint density at radius 2 is 1.53 bits per heavy atom. The Morgan fingerprint density at radius 3 is 2.11 bits per heavy atom. The third-order valence-electron chi connectivity index (χ3n) is 3.18. The lowest BCUT2D eigenvalue weighted by Crippen LogP contribution is -2.34. The molecule has 0 aromatic carbocycles. The molecule has 1 aliphatic rings. The van der Waals surface area contributed by atoms with Gasteiger partial charge in [0, 0.05) is 13.1 Å². The molecule has 106 valence electrons. The van der Waals surface area contributed by atoms with Crippen LogP contribution in [0, 0.1) is 23.5 Å². The highest BCUT2D eigenvalue weighted by molar-refractivity contribution is 5.45. The molecule has 0 bridgehead atoms. The molecule has 19 heavy (non-hydrogen) atoms. The SMILES string of the molecule is Fc1nc(F)c(F)c(NCCN2CCCCC2)c1F. The minimum absolute atomic E-state index is 0.219. The lowest BCUT2D eigenvalue weighted by Gasteiger charge is -2.26. The maximum Gasteiger partial charge on any atom is 0.253 e. The van der Waals surface area contributed by atoms with E-state index in [4.69, 9.17) is 0 Å². The molecule has 1 N–H and O–H groups in total. The summed E-state index contributed by atoms with van der Waals surface area (Å²) in [5.41, 5.74) is -0.790. The third kappa shape index (κ3) is 3.34. The fourth-order valence-corrected chi connectivity index (χ4v) is 2.16. The molecule has 1 aromatic rings. The molecule has 1 saturated heterocycles. The highest BCUT2D eigenvalue weighted by atomic mass is 19.2. The molecule has 1 fully saturated rings. The number of hydrogen-bond donors (Lipinski definition) is 1. The van der Waals surface area contributed by atoms with Crippen molar-refractivity contribution < 1.29 is 17.6 Å². The van der Waals surface area contributed by atoms with Gasteiger partial charge in [-0.2, -0.15) is 22.5 Å². The fourth-order valence-electron chi connectivity index (χ4n) is 2.16. The van der Waals surface area contributed by atoms with E-state index in [1.807, 2.05) is 0 Å². The maximum atomic E-state index is 13.3. The second kappa shape index (κ2) is 6.18. The molecule has 0 spiro atoms. The van der Waals surface area contributed by atoms with E-state index < -0.39 is 29.2 Å². The monoisotopic (exact) mass is 277 g/mol. The van der Waals surface area contributed by atoms with Gasteiger partial charge in [0.05, 0.1) is 0 Å². The maximum absolute atomic E-state index is 13.3. The Hall–Kier alpha value is -1.37. The zero-order chi connectivity index (χ0) is 13.8. The van der Waals surface area contributed by atoms with Crippen LogP contribution in [0.4, 0.5) is 23.2 Å². The van der Waals surface area contributed by atoms with Crippen molar-refractivity contribution in [1.82, 2.24) is 9.88 Å². The van der Waals surface area contributed by atoms with Crippen LogP contribution in [0.2, 0.25) is 0 Å². The fraction of sp³-hybridized carbons (Fsp3) is 0.583. The summed E-state index contributed by atoms with van der Waals surface area (Å²) in [4.78, 5) is 4.64. The second-order valence-electron chi connectivity index (χ2n) is 4.53. The first-order valence-electron chi connectivity index (χ1n) is 6.26. The lowest BCUT2D eigenvalue weighted by atomic mass is 10.1. The van der Waals surface area contributed by atoms with Gasteiger partial charge in [0.1, 0.15) is 5.69 Å². The van der Waals surface area contributed by atoms with Crippen LogP contribution in [-0.4, -0.2) is 36.1 Å². The normalized spacial score (nSPS) is 16.6. The number of hydrogen-bond acceptors (Lipinski definition) is 3. The molecule has 3 nitrogen and oxygen atoms in total. The minimum atomic E-state index is -1.64. The van der Waals surface area contributed by atoms with Crippen LogP contribution in [0.3, 0.4) is 0 Å². The first-order valence-corrected chi connectivity index (χ1v) is 6.26. The van der Waals surface area contributed by atoms with E-state index in [0.717, 1.165) is 25.9 Å². The summed E-state index contributed by atoms with van der Waals surface area (Å²) in [7, 11) is 0. The number of piperidine rings is 1. The number of anilines is 1. The average Bonchev–Trinajstić information content (AvgIpc) is 2.42. The molecule has 2 heterocycles. The highest BCUT2D eigenvalue weighted by Crippen LogP contribution is 2.21. The molecule has 0 amide bonds. The number of nitrogens with zero attached hydrogens (tertiary/aromatic N) is 2. The molecule has 7 heteroatoms. The van der Waals surface area contributed by atoms with Gasteiger partial charge in [0.25, 0.3) is 11.9 Å². The van der Waals surface area contributed by atoms with E-state index in [9.17, 15) is 17.6 Å². The van der Waals surface area contributed by atoms with Crippen LogP contribution >= 0.6 is 0 Å². The highest BCUT2D eigenvalue weighted by Gasteiger charge is 2.20. The number of likely N-dealkylation sites (tertiary alicyclic amines) is 1. The Bertz CT molecular complexity index is 421. The van der Waals surface area contributed by atoms with E-state index in [1.165, 1.54) is 6.42 Å². The van der Waals surface area contributed by atoms with E-state index in [2.05, 4.69) is 15.2 Å². The Labute approximate surface area is 108 Å². The van der Waals surface area contributed by atoms with Crippen molar-refractivity contribution in [3.63, 3.8) is 0 Å². The molecule has 2 rings (SSSR count). The van der Waals surface area contributed by atoms with Gasteiger partial charge in [-0.3, -0.25) is 0 Å². The van der Waals surface area contributed by atoms with Gasteiger partial charge in [0.15, 0.2) is 0 Å². The zero-order valence-corrected chi connectivity index (χ0v) is 10.4. The third-order valence-corrected chi connectivity index (χ3v) is 3.18. The molecule has 0 radical (unpaired) electrons. The molecular formula is C12H15F4N3. The molecular weight excluding hydrogens is 262 g/mol. The molecule has 0 unspecified atom stereocenters. The molecule has 0 atom stereocenters. The predicted octanol–water partition coefficient (Wildman–Crippen LogP) is 2.54. The summed E-state index contributed by atoms with van der Waals surface area (Å²) < 4.78 is 52.3. The van der Waals surface area contributed by atoms with Gasteiger partial charge in [0.2, 0.25) is 11.6 Å². The molecule has 1 aliphatic heterocycles. The summed E-state index contributed by atoms with van der Waals surface area (Å²) >= 11 is 0. The van der Waals surface area contributed by atoms with Crippen LogP contribution in [0.25, 0.3) is 0 Å². The Balaban J connectivity index is 1.95. The van der Waals surface area contributed by atoms with E-state index in [0.29, 0.717) is 6.54 Å². The van der Waals surface area contributed by atoms with Crippen molar-refractivity contribution >= 4 is 5.69 Å². The Kier molecular flexibility index (Phi) is 4.57. The summed E-state index contributed by atoms with van der Waals surface area (Å²) in [5, 5.41) is 2.40. The Morgan fingerprint density at radius 1 is 0.947 bits per heavy atom. The standard InChI is InChI=1S/C12H15F4N3/c13-8-10(9(14)12(16)18-11(8)15)17-4-7-19-5-2-1-3-6-19/h1-7H2,(H,17,18). The summed E-state index contributed by atoms with van der Waals surface area (Å²) in [6.45, 7) is 2.67. The average molecular weight is 277 g/mol. The number of halogens is 4. The van der Waals surface area contributed by atoms with Crippen LogP contribution < -0.4 is 5.32 Å². The smallest absolute Gasteiger partial charge is 0.253 e. The van der Waals surface area contributed by atoms with Gasteiger partial charge >= 0.3 is 0 Å². The van der Waals surface area contributed by atoms with Crippen molar-refractivity contribution in [2.45, 2.75) is 19.3 Å². The summed E-state index contributed by atoms with van der Waals surface area (Å²) in [6.07, 6.45) is 3.39. The molecule has 0 saturated carbocycles. The quantitative estimate of drug-likeness (QED) is 0.677. The first-order chi connectivity index (χ1) is 9.09. The van der Waals surface area contributed by atoms with Crippen LogP contribution in [0.1, 0.15) is 19.3 Å². The van der Waals surface area contributed by atoms with Crippen molar-refractivity contribution in [1.29, 1.82) is 0 Å². The number of aromatic nitrogens is 1. The van der Waals surface area contributed by atoms with Gasteiger partial charge in [-0.05, 0) is 25.9 Å². The van der Waals surface area contributed by atoms with Gasteiger partial charge in [-0.1, -0.05) is 6.42 Å². The van der Waals surface area contributed by atoms with Crippen LogP contribution in [0.5, 0.6) is 0 Å². The number of rotatable bonds is 4. The van der Waals surface area contributed by atoms with Crippen molar-refractivity contribution in [3.8, 4) is 0 Å². The number of pyridine rings is 1.